The van der Waals surface area contributed by atoms with Crippen LogP contribution in [0.4, 0.5) is 0 Å². The van der Waals surface area contributed by atoms with Crippen LogP contribution in [0.1, 0.15) is 61.6 Å². The first-order chi connectivity index (χ1) is 10.4. The van der Waals surface area contributed by atoms with Gasteiger partial charge in [0.25, 0.3) is 5.91 Å². The number of nitrogens with one attached hydrogen (secondary N) is 1. The fourth-order valence-electron chi connectivity index (χ4n) is 2.47. The van der Waals surface area contributed by atoms with E-state index in [4.69, 9.17) is 0 Å². The highest BCUT2D eigenvalue weighted by atomic mass is 16.1. The molecule has 1 unspecified atom stereocenters. The molecular weight excluding hydrogens is 270 g/mol. The predicted octanol–water partition coefficient (Wildman–Crippen LogP) is 4.87. The summed E-state index contributed by atoms with van der Waals surface area (Å²) in [6.07, 6.45) is 0.871. The fourth-order valence-corrected chi connectivity index (χ4v) is 2.47. The lowest BCUT2D eigenvalue weighted by Crippen LogP contribution is -2.28. The number of carbonyl (C=O) groups is 1. The monoisotopic (exact) mass is 295 g/mol. The molecule has 1 atom stereocenters. The van der Waals surface area contributed by atoms with Gasteiger partial charge in [0.1, 0.15) is 0 Å². The normalized spacial score (nSPS) is 12.7. The Labute approximate surface area is 133 Å². The van der Waals surface area contributed by atoms with E-state index in [1.54, 1.807) is 0 Å². The van der Waals surface area contributed by atoms with Crippen LogP contribution in [0.5, 0.6) is 0 Å². The van der Waals surface area contributed by atoms with Crippen LogP contribution in [-0.4, -0.2) is 5.91 Å². The van der Waals surface area contributed by atoms with Crippen LogP contribution in [0.15, 0.2) is 54.6 Å². The minimum absolute atomic E-state index is 0.0174. The van der Waals surface area contributed by atoms with Crippen molar-refractivity contribution in [1.82, 2.24) is 5.32 Å². The molecule has 0 saturated carbocycles. The van der Waals surface area contributed by atoms with E-state index in [0.29, 0.717) is 5.56 Å². The van der Waals surface area contributed by atoms with Gasteiger partial charge in [0.2, 0.25) is 0 Å². The average Bonchev–Trinajstić information content (AvgIpc) is 2.52. The van der Waals surface area contributed by atoms with Crippen molar-refractivity contribution in [1.29, 1.82) is 0 Å². The number of amides is 1. The standard InChI is InChI=1S/C20H25NO/c1-5-18(15-9-7-6-8-10-15)21-19(22)16-11-13-17(14-12-16)20(2,3)4/h6-14,18H,5H2,1-4H3,(H,21,22). The maximum Gasteiger partial charge on any atom is 0.251 e. The molecule has 22 heavy (non-hydrogen) atoms. The molecule has 2 aromatic carbocycles. The Morgan fingerprint density at radius 1 is 1.00 bits per heavy atom. The van der Waals surface area contributed by atoms with Crippen molar-refractivity contribution in [2.45, 2.75) is 45.6 Å². The molecule has 2 nitrogen and oxygen atoms in total. The van der Waals surface area contributed by atoms with E-state index >= 15 is 0 Å². The Morgan fingerprint density at radius 3 is 2.09 bits per heavy atom. The third kappa shape index (κ3) is 3.97. The maximum atomic E-state index is 12.4. The molecule has 0 aromatic heterocycles. The topological polar surface area (TPSA) is 29.1 Å². The molecule has 0 fully saturated rings. The lowest BCUT2D eigenvalue weighted by molar-refractivity contribution is 0.0935. The number of benzene rings is 2. The zero-order valence-electron chi connectivity index (χ0n) is 13.9. The lowest BCUT2D eigenvalue weighted by Gasteiger charge is -2.20. The Hall–Kier alpha value is -2.09. The van der Waals surface area contributed by atoms with Crippen molar-refractivity contribution < 1.29 is 4.79 Å². The summed E-state index contributed by atoms with van der Waals surface area (Å²) in [5, 5.41) is 3.12. The van der Waals surface area contributed by atoms with Crippen LogP contribution >= 0.6 is 0 Å². The van der Waals surface area contributed by atoms with Crippen LogP contribution in [0.3, 0.4) is 0 Å². The van der Waals surface area contributed by atoms with E-state index in [0.717, 1.165) is 12.0 Å². The number of hydrogen-bond donors (Lipinski definition) is 1. The van der Waals surface area contributed by atoms with Gasteiger partial charge in [-0.15, -0.1) is 0 Å². The summed E-state index contributed by atoms with van der Waals surface area (Å²) in [5.41, 5.74) is 3.19. The van der Waals surface area contributed by atoms with Gasteiger partial charge in [0.15, 0.2) is 0 Å². The van der Waals surface area contributed by atoms with Crippen molar-refractivity contribution in [3.05, 3.63) is 71.3 Å². The summed E-state index contributed by atoms with van der Waals surface area (Å²) in [6.45, 7) is 8.60. The second-order valence-corrected chi connectivity index (χ2v) is 6.67. The summed E-state index contributed by atoms with van der Waals surface area (Å²) in [7, 11) is 0. The summed E-state index contributed by atoms with van der Waals surface area (Å²) in [6, 6.07) is 18.1. The van der Waals surface area contributed by atoms with E-state index in [2.05, 4.69) is 45.1 Å². The van der Waals surface area contributed by atoms with Gasteiger partial charge < -0.3 is 5.32 Å². The molecule has 1 N–H and O–H groups in total. The number of carbonyl (C=O) groups excluding carboxylic acids is 1. The Kier molecular flexibility index (Phi) is 5.02. The molecule has 0 saturated heterocycles. The van der Waals surface area contributed by atoms with Crippen LogP contribution < -0.4 is 5.32 Å². The summed E-state index contributed by atoms with van der Waals surface area (Å²) in [5.74, 6) is -0.0174. The van der Waals surface area contributed by atoms with Crippen molar-refractivity contribution in [3.8, 4) is 0 Å². The highest BCUT2D eigenvalue weighted by molar-refractivity contribution is 5.94. The highest BCUT2D eigenvalue weighted by Gasteiger charge is 2.16. The third-order valence-corrected chi connectivity index (χ3v) is 3.93. The first-order valence-electron chi connectivity index (χ1n) is 7.88. The molecule has 2 rings (SSSR count). The lowest BCUT2D eigenvalue weighted by atomic mass is 9.86. The molecule has 0 heterocycles. The maximum absolute atomic E-state index is 12.4. The quantitative estimate of drug-likeness (QED) is 0.857. The zero-order valence-corrected chi connectivity index (χ0v) is 13.9. The van der Waals surface area contributed by atoms with Crippen molar-refractivity contribution in [2.75, 3.05) is 0 Å². The summed E-state index contributed by atoms with van der Waals surface area (Å²) < 4.78 is 0. The van der Waals surface area contributed by atoms with Gasteiger partial charge in [-0.3, -0.25) is 4.79 Å². The molecule has 0 aliphatic heterocycles. The van der Waals surface area contributed by atoms with E-state index in [1.165, 1.54) is 5.56 Å². The second-order valence-electron chi connectivity index (χ2n) is 6.67. The van der Waals surface area contributed by atoms with Crippen LogP contribution in [0, 0.1) is 0 Å². The molecule has 0 radical (unpaired) electrons. The van der Waals surface area contributed by atoms with Crippen molar-refractivity contribution >= 4 is 5.91 Å². The van der Waals surface area contributed by atoms with E-state index in [9.17, 15) is 4.79 Å². The molecular formula is C20H25NO. The molecule has 2 heteroatoms. The van der Waals surface area contributed by atoms with Gasteiger partial charge in [-0.05, 0) is 35.1 Å². The van der Waals surface area contributed by atoms with E-state index in [-0.39, 0.29) is 17.4 Å². The zero-order chi connectivity index (χ0) is 16.2. The fraction of sp³-hybridized carbons (Fsp3) is 0.350. The van der Waals surface area contributed by atoms with Gasteiger partial charge in [-0.1, -0.05) is 70.2 Å². The summed E-state index contributed by atoms with van der Waals surface area (Å²) in [4.78, 5) is 12.4. The second kappa shape index (κ2) is 6.78. The molecule has 0 bridgehead atoms. The first-order valence-corrected chi connectivity index (χ1v) is 7.88. The predicted molar refractivity (Wildman–Crippen MR) is 92.1 cm³/mol. The molecule has 0 spiro atoms. The highest BCUT2D eigenvalue weighted by Crippen LogP contribution is 2.22. The molecule has 0 aliphatic rings. The van der Waals surface area contributed by atoms with Crippen LogP contribution in [0.2, 0.25) is 0 Å². The number of rotatable bonds is 4. The first kappa shape index (κ1) is 16.3. The SMILES string of the molecule is CCC(NC(=O)c1ccc(C(C)(C)C)cc1)c1ccccc1. The largest absolute Gasteiger partial charge is 0.345 e. The van der Waals surface area contributed by atoms with Crippen LogP contribution in [0.25, 0.3) is 0 Å². The Morgan fingerprint density at radius 2 is 1.59 bits per heavy atom. The van der Waals surface area contributed by atoms with Crippen LogP contribution in [-0.2, 0) is 5.41 Å². The molecule has 0 aliphatic carbocycles. The van der Waals surface area contributed by atoms with Gasteiger partial charge >= 0.3 is 0 Å². The van der Waals surface area contributed by atoms with Crippen molar-refractivity contribution in [2.24, 2.45) is 0 Å². The van der Waals surface area contributed by atoms with Gasteiger partial charge in [-0.25, -0.2) is 0 Å². The summed E-state index contributed by atoms with van der Waals surface area (Å²) >= 11 is 0. The Bertz CT molecular complexity index is 608. The van der Waals surface area contributed by atoms with Gasteiger partial charge in [0.05, 0.1) is 6.04 Å². The van der Waals surface area contributed by atoms with Gasteiger partial charge in [-0.2, -0.15) is 0 Å². The Balaban J connectivity index is 2.11. The molecule has 116 valence electrons. The third-order valence-electron chi connectivity index (χ3n) is 3.93. The van der Waals surface area contributed by atoms with E-state index in [1.807, 2.05) is 42.5 Å². The van der Waals surface area contributed by atoms with E-state index < -0.39 is 0 Å². The average molecular weight is 295 g/mol. The smallest absolute Gasteiger partial charge is 0.251 e. The number of hydrogen-bond acceptors (Lipinski definition) is 1. The minimum Gasteiger partial charge on any atom is -0.345 e. The molecule has 1 amide bonds. The van der Waals surface area contributed by atoms with Gasteiger partial charge in [0, 0.05) is 5.56 Å². The minimum atomic E-state index is -0.0174. The van der Waals surface area contributed by atoms with Crippen molar-refractivity contribution in [3.63, 3.8) is 0 Å². The molecule has 2 aromatic rings.